The molecule has 0 aliphatic heterocycles. The van der Waals surface area contributed by atoms with Crippen LogP contribution in [0.3, 0.4) is 0 Å². The first-order chi connectivity index (χ1) is 11.9. The van der Waals surface area contributed by atoms with Crippen LogP contribution in [0.5, 0.6) is 0 Å². The Hall–Kier alpha value is -3.10. The number of benzene rings is 1. The second-order valence-corrected chi connectivity index (χ2v) is 5.18. The van der Waals surface area contributed by atoms with Crippen LogP contribution in [0, 0.1) is 5.92 Å². The Bertz CT molecular complexity index is 604. The fourth-order valence-corrected chi connectivity index (χ4v) is 1.91. The minimum atomic E-state index is -1.22. The summed E-state index contributed by atoms with van der Waals surface area (Å²) in [6.07, 6.45) is -1.08. The lowest BCUT2D eigenvalue weighted by atomic mass is 10.0. The van der Waals surface area contributed by atoms with Gasteiger partial charge >= 0.3 is 18.0 Å². The fourth-order valence-electron chi connectivity index (χ4n) is 1.91. The number of carbonyl (C=O) groups excluding carboxylic acids is 2. The van der Waals surface area contributed by atoms with E-state index in [2.05, 4.69) is 10.6 Å². The number of nitrogens with one attached hydrogen (secondary N) is 2. The molecule has 0 fully saturated rings. The summed E-state index contributed by atoms with van der Waals surface area (Å²) in [5.41, 5.74) is 0.791. The van der Waals surface area contributed by atoms with Crippen molar-refractivity contribution in [1.82, 2.24) is 10.6 Å². The standard InChI is InChI=1S/C16H20N2O7/c19-13(20)7-6-12(15(23)17-9-14(21)22)8-18-16(24)25-10-11-4-2-1-3-5-11/h1-5,12H,6-10H2,(H,17,23)(H,18,24)(H,19,20)(H,21,22)/t12-/m1/s1. The van der Waals surface area contributed by atoms with Crippen molar-refractivity contribution in [2.24, 2.45) is 5.92 Å². The van der Waals surface area contributed by atoms with Crippen LogP contribution < -0.4 is 10.6 Å². The molecule has 9 nitrogen and oxygen atoms in total. The number of hydrogen-bond acceptors (Lipinski definition) is 5. The van der Waals surface area contributed by atoms with Crippen LogP contribution in [-0.2, 0) is 25.7 Å². The van der Waals surface area contributed by atoms with E-state index in [0.717, 1.165) is 5.56 Å². The van der Waals surface area contributed by atoms with Gasteiger partial charge in [-0.25, -0.2) is 4.79 Å². The number of ether oxygens (including phenoxy) is 1. The van der Waals surface area contributed by atoms with Gasteiger partial charge in [-0.2, -0.15) is 0 Å². The molecule has 0 radical (unpaired) electrons. The van der Waals surface area contributed by atoms with E-state index in [1.807, 2.05) is 6.07 Å². The van der Waals surface area contributed by atoms with Crippen LogP contribution in [0.2, 0.25) is 0 Å². The van der Waals surface area contributed by atoms with Crippen LogP contribution in [0.25, 0.3) is 0 Å². The summed E-state index contributed by atoms with van der Waals surface area (Å²) in [4.78, 5) is 44.7. The Balaban J connectivity index is 2.46. The van der Waals surface area contributed by atoms with E-state index in [-0.39, 0.29) is 26.0 Å². The van der Waals surface area contributed by atoms with Gasteiger partial charge in [0.25, 0.3) is 0 Å². The van der Waals surface area contributed by atoms with E-state index in [0.29, 0.717) is 0 Å². The molecule has 0 bridgehead atoms. The molecule has 4 N–H and O–H groups in total. The molecule has 0 saturated heterocycles. The van der Waals surface area contributed by atoms with Crippen LogP contribution in [0.4, 0.5) is 4.79 Å². The summed E-state index contributed by atoms with van der Waals surface area (Å²) < 4.78 is 4.99. The zero-order chi connectivity index (χ0) is 18.7. The molecule has 136 valence electrons. The quantitative estimate of drug-likeness (QED) is 0.483. The molecule has 0 unspecified atom stereocenters. The smallest absolute Gasteiger partial charge is 0.407 e. The van der Waals surface area contributed by atoms with Crippen molar-refractivity contribution in [3.63, 3.8) is 0 Å². The minimum Gasteiger partial charge on any atom is -0.481 e. The van der Waals surface area contributed by atoms with Gasteiger partial charge in [-0.3, -0.25) is 14.4 Å². The van der Waals surface area contributed by atoms with Gasteiger partial charge < -0.3 is 25.6 Å². The third-order valence-electron chi connectivity index (χ3n) is 3.20. The Kier molecular flexibility index (Phi) is 8.48. The minimum absolute atomic E-state index is 0.0419. The van der Waals surface area contributed by atoms with Crippen molar-refractivity contribution >= 4 is 23.9 Å². The largest absolute Gasteiger partial charge is 0.481 e. The molecule has 0 saturated carbocycles. The second kappa shape index (κ2) is 10.6. The van der Waals surface area contributed by atoms with Crippen molar-refractivity contribution in [3.05, 3.63) is 35.9 Å². The highest BCUT2D eigenvalue weighted by Crippen LogP contribution is 2.07. The number of rotatable bonds is 10. The number of carboxylic acid groups (broad SMARTS) is 2. The topological polar surface area (TPSA) is 142 Å². The zero-order valence-electron chi connectivity index (χ0n) is 13.4. The number of amides is 2. The summed E-state index contributed by atoms with van der Waals surface area (Å²) in [5.74, 6) is -3.84. The molecule has 0 spiro atoms. The molecule has 1 atom stereocenters. The number of aliphatic carboxylic acids is 2. The Morgan fingerprint density at radius 1 is 1.00 bits per heavy atom. The molecule has 2 amide bonds. The maximum atomic E-state index is 11.9. The zero-order valence-corrected chi connectivity index (χ0v) is 13.4. The average Bonchev–Trinajstić information content (AvgIpc) is 2.58. The monoisotopic (exact) mass is 352 g/mol. The molecule has 0 aromatic heterocycles. The van der Waals surface area contributed by atoms with Gasteiger partial charge in [-0.1, -0.05) is 30.3 Å². The third-order valence-corrected chi connectivity index (χ3v) is 3.20. The maximum absolute atomic E-state index is 11.9. The lowest BCUT2D eigenvalue weighted by Gasteiger charge is -2.16. The van der Waals surface area contributed by atoms with Gasteiger partial charge in [0.05, 0.1) is 5.92 Å². The van der Waals surface area contributed by atoms with E-state index in [1.54, 1.807) is 24.3 Å². The molecule has 0 heterocycles. The van der Waals surface area contributed by atoms with Gasteiger partial charge in [-0.15, -0.1) is 0 Å². The lowest BCUT2D eigenvalue weighted by Crippen LogP contribution is -2.41. The SMILES string of the molecule is O=C(O)CC[C@H](CNC(=O)OCc1ccccc1)C(=O)NCC(=O)O. The average molecular weight is 352 g/mol. The molecule has 1 aromatic carbocycles. The third kappa shape index (κ3) is 8.94. The van der Waals surface area contributed by atoms with E-state index in [1.165, 1.54) is 0 Å². The molecule has 1 aromatic rings. The molecule has 0 aliphatic carbocycles. The van der Waals surface area contributed by atoms with Crippen LogP contribution >= 0.6 is 0 Å². The number of carbonyl (C=O) groups is 4. The summed E-state index contributed by atoms with van der Waals surface area (Å²) in [6.45, 7) is -0.690. The molecular formula is C16H20N2O7. The van der Waals surface area contributed by atoms with E-state index in [9.17, 15) is 19.2 Å². The van der Waals surface area contributed by atoms with Crippen LogP contribution in [0.1, 0.15) is 18.4 Å². The number of carboxylic acids is 2. The Morgan fingerprint density at radius 2 is 1.68 bits per heavy atom. The lowest BCUT2D eigenvalue weighted by molar-refractivity contribution is -0.140. The first-order valence-electron chi connectivity index (χ1n) is 7.54. The van der Waals surface area contributed by atoms with Crippen LogP contribution in [-0.4, -0.2) is 47.2 Å². The second-order valence-electron chi connectivity index (χ2n) is 5.18. The van der Waals surface area contributed by atoms with Gasteiger partial charge in [0.1, 0.15) is 13.2 Å². The van der Waals surface area contributed by atoms with Crippen molar-refractivity contribution < 1.29 is 34.1 Å². The first kappa shape index (κ1) is 19.9. The van der Waals surface area contributed by atoms with Gasteiger partial charge in [0, 0.05) is 13.0 Å². The Labute approximate surface area is 144 Å². The number of hydrogen-bond donors (Lipinski definition) is 4. The van der Waals surface area contributed by atoms with Gasteiger partial charge in [0.15, 0.2) is 0 Å². The van der Waals surface area contributed by atoms with Gasteiger partial charge in [-0.05, 0) is 12.0 Å². The van der Waals surface area contributed by atoms with E-state index < -0.39 is 36.4 Å². The first-order valence-corrected chi connectivity index (χ1v) is 7.54. The normalized spacial score (nSPS) is 11.2. The van der Waals surface area contributed by atoms with Crippen molar-refractivity contribution in [1.29, 1.82) is 0 Å². The summed E-state index contributed by atoms with van der Waals surface area (Å²) in [7, 11) is 0. The highest BCUT2D eigenvalue weighted by atomic mass is 16.5. The molecular weight excluding hydrogens is 332 g/mol. The van der Waals surface area contributed by atoms with Crippen molar-refractivity contribution in [3.8, 4) is 0 Å². The maximum Gasteiger partial charge on any atom is 0.407 e. The molecule has 25 heavy (non-hydrogen) atoms. The summed E-state index contributed by atoms with van der Waals surface area (Å²) in [6, 6.07) is 8.98. The Morgan fingerprint density at radius 3 is 2.28 bits per heavy atom. The van der Waals surface area contributed by atoms with Gasteiger partial charge in [0.2, 0.25) is 5.91 Å². The predicted octanol–water partition coefficient (Wildman–Crippen LogP) is 0.595. The highest BCUT2D eigenvalue weighted by molar-refractivity contribution is 5.83. The van der Waals surface area contributed by atoms with Crippen molar-refractivity contribution in [2.45, 2.75) is 19.4 Å². The number of alkyl carbamates (subject to hydrolysis) is 1. The summed E-state index contributed by atoms with van der Waals surface area (Å²) in [5, 5.41) is 21.8. The van der Waals surface area contributed by atoms with E-state index in [4.69, 9.17) is 14.9 Å². The fraction of sp³-hybridized carbons (Fsp3) is 0.375. The van der Waals surface area contributed by atoms with Crippen molar-refractivity contribution in [2.75, 3.05) is 13.1 Å². The molecule has 0 aliphatic rings. The molecule has 1 rings (SSSR count). The van der Waals surface area contributed by atoms with Crippen LogP contribution in [0.15, 0.2) is 30.3 Å². The van der Waals surface area contributed by atoms with E-state index >= 15 is 0 Å². The summed E-state index contributed by atoms with van der Waals surface area (Å²) >= 11 is 0. The molecule has 9 heteroatoms. The highest BCUT2D eigenvalue weighted by Gasteiger charge is 2.21. The predicted molar refractivity (Wildman–Crippen MR) is 85.6 cm³/mol.